The molecule has 1 aliphatic heterocycles. The highest BCUT2D eigenvalue weighted by Gasteiger charge is 2.24. The van der Waals surface area contributed by atoms with Crippen molar-refractivity contribution in [2.45, 2.75) is 19.9 Å². The Kier molecular flexibility index (Phi) is 3.71. The van der Waals surface area contributed by atoms with E-state index in [9.17, 15) is 4.79 Å². The third kappa shape index (κ3) is 2.52. The number of benzene rings is 1. The molecule has 0 spiro atoms. The molecule has 1 aromatic rings. The van der Waals surface area contributed by atoms with Crippen LogP contribution < -0.4 is 10.6 Å². The molecule has 0 bridgehead atoms. The van der Waals surface area contributed by atoms with Crippen LogP contribution in [0, 0.1) is 11.3 Å². The topological polar surface area (TPSA) is 74.2 Å². The molecule has 1 atom stereocenters. The minimum Gasteiger partial charge on any atom is -0.462 e. The molecular formula is C14H15N3O2. The van der Waals surface area contributed by atoms with Crippen LogP contribution in [0.5, 0.6) is 0 Å². The number of nitrogens with zero attached hydrogens (tertiary/aromatic N) is 1. The van der Waals surface area contributed by atoms with E-state index < -0.39 is 5.97 Å². The molecule has 1 aliphatic rings. The summed E-state index contributed by atoms with van der Waals surface area (Å²) in [5, 5.41) is 15.3. The molecule has 2 rings (SSSR count). The fraction of sp³-hybridized carbons (Fsp3) is 0.286. The number of rotatable bonds is 2. The van der Waals surface area contributed by atoms with Crippen molar-refractivity contribution in [3.05, 3.63) is 41.2 Å². The van der Waals surface area contributed by atoms with Crippen molar-refractivity contribution in [2.24, 2.45) is 0 Å². The first-order chi connectivity index (χ1) is 9.17. The summed E-state index contributed by atoms with van der Waals surface area (Å²) in [4.78, 5) is 11.7. The van der Waals surface area contributed by atoms with Gasteiger partial charge in [-0.2, -0.15) is 5.26 Å². The Bertz CT molecular complexity index is 572. The molecule has 1 aromatic carbocycles. The van der Waals surface area contributed by atoms with Gasteiger partial charge in [0.2, 0.25) is 0 Å². The van der Waals surface area contributed by atoms with E-state index in [4.69, 9.17) is 10.00 Å². The summed E-state index contributed by atoms with van der Waals surface area (Å²) in [5.41, 5.74) is 1.94. The second-order valence-electron chi connectivity index (χ2n) is 4.16. The molecule has 98 valence electrons. The SMILES string of the molecule is CCOC(=O)C(C#N)=C1Nc2ccccc2C(C)N1. The van der Waals surface area contributed by atoms with Crippen molar-refractivity contribution in [3.8, 4) is 6.07 Å². The number of fused-ring (bicyclic) bond motifs is 1. The first kappa shape index (κ1) is 13.0. The molecule has 0 amide bonds. The lowest BCUT2D eigenvalue weighted by Crippen LogP contribution is -2.32. The predicted molar refractivity (Wildman–Crippen MR) is 70.9 cm³/mol. The second-order valence-corrected chi connectivity index (χ2v) is 4.16. The standard InChI is InChI=1S/C14H15N3O2/c1-3-19-14(18)11(8-15)13-16-9(2)10-6-4-5-7-12(10)17-13/h4-7,9,16-17H,3H2,1-2H3. The molecule has 0 radical (unpaired) electrons. The Balaban J connectivity index is 2.38. The van der Waals surface area contributed by atoms with Gasteiger partial charge in [-0.15, -0.1) is 0 Å². The fourth-order valence-corrected chi connectivity index (χ4v) is 1.99. The number of ether oxygens (including phenoxy) is 1. The molecule has 19 heavy (non-hydrogen) atoms. The van der Waals surface area contributed by atoms with Crippen molar-refractivity contribution in [1.82, 2.24) is 5.32 Å². The Hall–Kier alpha value is -2.48. The summed E-state index contributed by atoms with van der Waals surface area (Å²) in [5.74, 6) is -0.223. The lowest BCUT2D eigenvalue weighted by atomic mass is 10.0. The molecule has 0 aliphatic carbocycles. The van der Waals surface area contributed by atoms with Crippen LogP contribution in [0.4, 0.5) is 5.69 Å². The van der Waals surface area contributed by atoms with E-state index in [1.165, 1.54) is 0 Å². The van der Waals surface area contributed by atoms with E-state index in [0.717, 1.165) is 11.3 Å². The molecule has 1 heterocycles. The summed E-state index contributed by atoms with van der Waals surface area (Å²) in [7, 11) is 0. The van der Waals surface area contributed by atoms with Gasteiger partial charge >= 0.3 is 5.97 Å². The minimum atomic E-state index is -0.619. The van der Waals surface area contributed by atoms with E-state index >= 15 is 0 Å². The maximum atomic E-state index is 11.7. The lowest BCUT2D eigenvalue weighted by molar-refractivity contribution is -0.138. The number of nitriles is 1. The Morgan fingerprint density at radius 3 is 2.89 bits per heavy atom. The smallest absolute Gasteiger partial charge is 0.352 e. The van der Waals surface area contributed by atoms with Gasteiger partial charge < -0.3 is 15.4 Å². The maximum absolute atomic E-state index is 11.7. The largest absolute Gasteiger partial charge is 0.462 e. The van der Waals surface area contributed by atoms with Gasteiger partial charge in [0.1, 0.15) is 11.9 Å². The van der Waals surface area contributed by atoms with E-state index in [1.54, 1.807) is 6.92 Å². The third-order valence-corrected chi connectivity index (χ3v) is 2.89. The van der Waals surface area contributed by atoms with Crippen molar-refractivity contribution >= 4 is 11.7 Å². The van der Waals surface area contributed by atoms with Crippen molar-refractivity contribution in [2.75, 3.05) is 11.9 Å². The number of para-hydroxylation sites is 1. The van der Waals surface area contributed by atoms with E-state index in [-0.39, 0.29) is 18.2 Å². The summed E-state index contributed by atoms with van der Waals surface area (Å²) >= 11 is 0. The molecule has 0 saturated heterocycles. The van der Waals surface area contributed by atoms with Gasteiger partial charge in [-0.3, -0.25) is 0 Å². The zero-order chi connectivity index (χ0) is 13.8. The molecule has 5 heteroatoms. The maximum Gasteiger partial charge on any atom is 0.352 e. The molecule has 5 nitrogen and oxygen atoms in total. The number of nitrogens with one attached hydrogen (secondary N) is 2. The highest BCUT2D eigenvalue weighted by atomic mass is 16.5. The summed E-state index contributed by atoms with van der Waals surface area (Å²) in [6.45, 7) is 3.92. The number of esters is 1. The summed E-state index contributed by atoms with van der Waals surface area (Å²) in [6.07, 6.45) is 0. The average Bonchev–Trinajstić information content (AvgIpc) is 2.40. The second kappa shape index (κ2) is 5.44. The molecule has 0 aromatic heterocycles. The Morgan fingerprint density at radius 1 is 1.47 bits per heavy atom. The van der Waals surface area contributed by atoms with Crippen LogP contribution in [0.2, 0.25) is 0 Å². The van der Waals surface area contributed by atoms with Crippen LogP contribution in [0.25, 0.3) is 0 Å². The zero-order valence-electron chi connectivity index (χ0n) is 10.9. The van der Waals surface area contributed by atoms with Crippen LogP contribution in [-0.2, 0) is 9.53 Å². The van der Waals surface area contributed by atoms with Gasteiger partial charge in [-0.1, -0.05) is 18.2 Å². The van der Waals surface area contributed by atoms with Gasteiger partial charge in [-0.25, -0.2) is 4.79 Å². The normalized spacial score (nSPS) is 19.3. The van der Waals surface area contributed by atoms with Gasteiger partial charge in [0.25, 0.3) is 0 Å². The zero-order valence-corrected chi connectivity index (χ0v) is 10.9. The third-order valence-electron chi connectivity index (χ3n) is 2.89. The molecule has 2 N–H and O–H groups in total. The summed E-state index contributed by atoms with van der Waals surface area (Å²) < 4.78 is 4.87. The average molecular weight is 257 g/mol. The van der Waals surface area contributed by atoms with Gasteiger partial charge in [0, 0.05) is 5.69 Å². The van der Waals surface area contributed by atoms with Crippen LogP contribution in [0.1, 0.15) is 25.5 Å². The van der Waals surface area contributed by atoms with Crippen molar-refractivity contribution < 1.29 is 9.53 Å². The van der Waals surface area contributed by atoms with Crippen LogP contribution in [-0.4, -0.2) is 12.6 Å². The first-order valence-electron chi connectivity index (χ1n) is 6.11. The van der Waals surface area contributed by atoms with Gasteiger partial charge in [0.15, 0.2) is 5.57 Å². The number of carbonyl (C=O) groups excluding carboxylic acids is 1. The van der Waals surface area contributed by atoms with Gasteiger partial charge in [0.05, 0.1) is 12.6 Å². The monoisotopic (exact) mass is 257 g/mol. The van der Waals surface area contributed by atoms with Crippen LogP contribution in [0.15, 0.2) is 35.7 Å². The fourth-order valence-electron chi connectivity index (χ4n) is 1.99. The summed E-state index contributed by atoms with van der Waals surface area (Å²) in [6, 6.07) is 9.66. The van der Waals surface area contributed by atoms with Crippen LogP contribution in [0.3, 0.4) is 0 Å². The molecule has 0 saturated carbocycles. The van der Waals surface area contributed by atoms with Crippen molar-refractivity contribution in [3.63, 3.8) is 0 Å². The number of hydrogen-bond acceptors (Lipinski definition) is 5. The Morgan fingerprint density at radius 2 is 2.21 bits per heavy atom. The molecular weight excluding hydrogens is 242 g/mol. The van der Waals surface area contributed by atoms with E-state index in [1.807, 2.05) is 37.3 Å². The first-order valence-corrected chi connectivity index (χ1v) is 6.11. The quantitative estimate of drug-likeness (QED) is 0.482. The van der Waals surface area contributed by atoms with E-state index in [2.05, 4.69) is 10.6 Å². The Labute approximate surface area is 111 Å². The highest BCUT2D eigenvalue weighted by molar-refractivity contribution is 5.94. The van der Waals surface area contributed by atoms with E-state index in [0.29, 0.717) is 5.82 Å². The number of hydrogen-bond donors (Lipinski definition) is 2. The predicted octanol–water partition coefficient (Wildman–Crippen LogP) is 2.06. The number of carbonyl (C=O) groups is 1. The minimum absolute atomic E-state index is 0.0187. The molecule has 1 unspecified atom stereocenters. The molecule has 0 fully saturated rings. The highest BCUT2D eigenvalue weighted by Crippen LogP contribution is 2.29. The van der Waals surface area contributed by atoms with Gasteiger partial charge in [-0.05, 0) is 25.5 Å². The number of anilines is 1. The van der Waals surface area contributed by atoms with Crippen molar-refractivity contribution in [1.29, 1.82) is 5.26 Å². The van der Waals surface area contributed by atoms with Crippen LogP contribution >= 0.6 is 0 Å². The lowest BCUT2D eigenvalue weighted by Gasteiger charge is -2.28.